The molecule has 0 unspecified atom stereocenters. The van der Waals surface area contributed by atoms with Gasteiger partial charge in [-0.2, -0.15) is 5.10 Å². The number of nitrogens with zero attached hydrogens (tertiary/aromatic N) is 5. The predicted octanol–water partition coefficient (Wildman–Crippen LogP) is 3.07. The Bertz CT molecular complexity index is 1520. The first-order valence-electron chi connectivity index (χ1n) is 11.9. The number of amides is 2. The lowest BCUT2D eigenvalue weighted by atomic mass is 9.85. The lowest BCUT2D eigenvalue weighted by Gasteiger charge is -2.18. The highest BCUT2D eigenvalue weighted by Gasteiger charge is 2.44. The van der Waals surface area contributed by atoms with Gasteiger partial charge in [-0.15, -0.1) is 0 Å². The van der Waals surface area contributed by atoms with Gasteiger partial charge >= 0.3 is 0 Å². The monoisotopic (exact) mass is 503 g/mol. The van der Waals surface area contributed by atoms with E-state index in [9.17, 15) is 14.0 Å². The van der Waals surface area contributed by atoms with Gasteiger partial charge in [-0.05, 0) is 38.5 Å². The van der Waals surface area contributed by atoms with Gasteiger partial charge in [0.1, 0.15) is 23.0 Å². The van der Waals surface area contributed by atoms with Crippen LogP contribution in [0, 0.1) is 5.82 Å². The molecular weight excluding hydrogens is 477 g/mol. The maximum absolute atomic E-state index is 14.4. The molecule has 37 heavy (non-hydrogen) atoms. The maximum atomic E-state index is 14.4. The van der Waals surface area contributed by atoms with E-state index in [-0.39, 0.29) is 35.6 Å². The number of benzene rings is 1. The third-order valence-corrected chi connectivity index (χ3v) is 6.36. The highest BCUT2D eigenvalue weighted by atomic mass is 19.1. The van der Waals surface area contributed by atoms with Crippen molar-refractivity contribution < 1.29 is 18.7 Å². The van der Waals surface area contributed by atoms with Crippen LogP contribution in [0.15, 0.2) is 42.6 Å². The van der Waals surface area contributed by atoms with Crippen molar-refractivity contribution in [2.75, 3.05) is 25.6 Å². The molecule has 0 spiro atoms. The minimum absolute atomic E-state index is 0.0986. The molecule has 2 N–H and O–H groups in total. The number of halogens is 1. The molecule has 190 valence electrons. The van der Waals surface area contributed by atoms with Crippen molar-refractivity contribution in [1.29, 1.82) is 0 Å². The van der Waals surface area contributed by atoms with E-state index in [0.717, 1.165) is 0 Å². The first-order chi connectivity index (χ1) is 17.8. The topological polar surface area (TPSA) is 124 Å². The number of carbonyl (C=O) groups is 2. The number of carbonyl (C=O) groups excluding carboxylic acids is 2. The fraction of sp³-hybridized carbons (Fsp3) is 0.308. The zero-order valence-corrected chi connectivity index (χ0v) is 20.7. The molecule has 3 aromatic heterocycles. The Morgan fingerprint density at radius 1 is 1.19 bits per heavy atom. The van der Waals surface area contributed by atoms with Crippen LogP contribution in [0.4, 0.5) is 10.2 Å². The van der Waals surface area contributed by atoms with Crippen LogP contribution in [-0.2, 0) is 21.5 Å². The van der Waals surface area contributed by atoms with Crippen LogP contribution in [0.25, 0.3) is 22.6 Å². The van der Waals surface area contributed by atoms with Gasteiger partial charge in [0, 0.05) is 37.6 Å². The van der Waals surface area contributed by atoms with Crippen molar-refractivity contribution in [1.82, 2.24) is 30.0 Å². The van der Waals surface area contributed by atoms with E-state index in [4.69, 9.17) is 4.74 Å². The third kappa shape index (κ3) is 4.42. The summed E-state index contributed by atoms with van der Waals surface area (Å²) in [5.74, 6) is -0.630. The van der Waals surface area contributed by atoms with Gasteiger partial charge in [0.2, 0.25) is 5.91 Å². The maximum Gasteiger partial charge on any atom is 0.270 e. The molecule has 0 radical (unpaired) electrons. The second kappa shape index (κ2) is 9.66. The molecule has 0 fully saturated rings. The Morgan fingerprint density at radius 3 is 2.78 bits per heavy atom. The number of nitrogens with one attached hydrogen (secondary N) is 2. The first kappa shape index (κ1) is 24.4. The van der Waals surface area contributed by atoms with E-state index in [1.807, 2.05) is 6.07 Å². The average Bonchev–Trinajstić information content (AvgIpc) is 3.36. The number of hydrogen-bond acceptors (Lipinski definition) is 7. The number of hydrogen-bond donors (Lipinski definition) is 2. The Labute approximate surface area is 212 Å². The molecule has 0 bridgehead atoms. The highest BCUT2D eigenvalue weighted by Crippen LogP contribution is 2.39. The van der Waals surface area contributed by atoms with Crippen molar-refractivity contribution in [3.63, 3.8) is 0 Å². The van der Waals surface area contributed by atoms with Crippen LogP contribution in [0.2, 0.25) is 0 Å². The van der Waals surface area contributed by atoms with Gasteiger partial charge in [0.15, 0.2) is 11.5 Å². The number of methoxy groups -OCH3 is 1. The van der Waals surface area contributed by atoms with Gasteiger partial charge < -0.3 is 15.4 Å². The second-order valence-corrected chi connectivity index (χ2v) is 9.27. The molecule has 0 aliphatic carbocycles. The Morgan fingerprint density at radius 2 is 2.00 bits per heavy atom. The van der Waals surface area contributed by atoms with Crippen molar-refractivity contribution >= 4 is 28.7 Å². The van der Waals surface area contributed by atoms with Gasteiger partial charge in [-0.3, -0.25) is 9.59 Å². The van der Waals surface area contributed by atoms with Crippen LogP contribution < -0.4 is 10.6 Å². The van der Waals surface area contributed by atoms with E-state index in [1.165, 1.54) is 6.07 Å². The zero-order valence-electron chi connectivity index (χ0n) is 20.7. The minimum atomic E-state index is -0.999. The van der Waals surface area contributed by atoms with E-state index in [0.29, 0.717) is 47.4 Å². The van der Waals surface area contributed by atoms with E-state index >= 15 is 0 Å². The zero-order chi connectivity index (χ0) is 26.2. The van der Waals surface area contributed by atoms with Gasteiger partial charge in [0.25, 0.3) is 5.91 Å². The number of pyridine rings is 1. The first-order valence-corrected chi connectivity index (χ1v) is 11.9. The SMILES string of the molecule is COCCCNC(=O)c1nc(-c2nn(Cc3ccccc3F)c3ncccc23)nc2c1C(C)(C)C(=O)N2. The van der Waals surface area contributed by atoms with E-state index in [2.05, 4.69) is 30.7 Å². The van der Waals surface area contributed by atoms with Gasteiger partial charge in [-0.25, -0.2) is 24.0 Å². The fourth-order valence-electron chi connectivity index (χ4n) is 4.37. The molecule has 1 aliphatic heterocycles. The summed E-state index contributed by atoms with van der Waals surface area (Å²) in [6.45, 7) is 4.47. The third-order valence-electron chi connectivity index (χ3n) is 6.36. The van der Waals surface area contributed by atoms with Crippen LogP contribution in [-0.4, -0.2) is 56.8 Å². The molecular formula is C26H26FN7O3. The molecule has 10 nitrogen and oxygen atoms in total. The number of aromatic nitrogens is 5. The predicted molar refractivity (Wildman–Crippen MR) is 135 cm³/mol. The minimum Gasteiger partial charge on any atom is -0.385 e. The summed E-state index contributed by atoms with van der Waals surface area (Å²) < 4.78 is 21.0. The fourth-order valence-corrected chi connectivity index (χ4v) is 4.37. The van der Waals surface area contributed by atoms with Crippen LogP contribution >= 0.6 is 0 Å². The molecule has 2 amide bonds. The number of fused-ring (bicyclic) bond motifs is 2. The smallest absolute Gasteiger partial charge is 0.270 e. The van der Waals surface area contributed by atoms with Crippen LogP contribution in [0.5, 0.6) is 0 Å². The van der Waals surface area contributed by atoms with Crippen molar-refractivity contribution in [2.45, 2.75) is 32.2 Å². The normalized spacial score (nSPS) is 14.0. The van der Waals surface area contributed by atoms with E-state index in [1.54, 1.807) is 56.1 Å². The summed E-state index contributed by atoms with van der Waals surface area (Å²) in [6.07, 6.45) is 2.25. The van der Waals surface area contributed by atoms with Crippen LogP contribution in [0.1, 0.15) is 41.9 Å². The van der Waals surface area contributed by atoms with Gasteiger partial charge in [-0.1, -0.05) is 18.2 Å². The molecule has 1 aliphatic rings. The second-order valence-electron chi connectivity index (χ2n) is 9.27. The number of ether oxygens (including phenoxy) is 1. The number of anilines is 1. The summed E-state index contributed by atoms with van der Waals surface area (Å²) in [6, 6.07) is 10.0. The standard InChI is InChI=1S/C26H26FN7O3/c1-26(2)18-20(24(35)29-12-7-13-37-3)30-22(31-21(18)32-25(26)36)19-16-9-6-11-28-23(16)34(33-19)14-15-8-4-5-10-17(15)27/h4-6,8-11H,7,12-14H2,1-3H3,(H,29,35)(H,30,31,32,36). The Balaban J connectivity index is 1.62. The Hall–Kier alpha value is -4.25. The summed E-state index contributed by atoms with van der Waals surface area (Å²) in [4.78, 5) is 39.6. The summed E-state index contributed by atoms with van der Waals surface area (Å²) in [5, 5.41) is 10.9. The molecule has 0 saturated heterocycles. The molecule has 1 aromatic carbocycles. The summed E-state index contributed by atoms with van der Waals surface area (Å²) in [7, 11) is 1.59. The van der Waals surface area contributed by atoms with Crippen molar-refractivity contribution in [2.24, 2.45) is 0 Å². The highest BCUT2D eigenvalue weighted by molar-refractivity contribution is 6.09. The average molecular weight is 504 g/mol. The molecule has 0 saturated carbocycles. The van der Waals surface area contributed by atoms with Gasteiger partial charge in [0.05, 0.1) is 17.3 Å². The molecule has 0 atom stereocenters. The molecule has 11 heteroatoms. The summed E-state index contributed by atoms with van der Waals surface area (Å²) >= 11 is 0. The van der Waals surface area contributed by atoms with E-state index < -0.39 is 11.3 Å². The largest absolute Gasteiger partial charge is 0.385 e. The quantitative estimate of drug-likeness (QED) is 0.354. The molecule has 4 heterocycles. The molecule has 5 rings (SSSR count). The van der Waals surface area contributed by atoms with Crippen molar-refractivity contribution in [3.05, 3.63) is 65.2 Å². The van der Waals surface area contributed by atoms with Crippen molar-refractivity contribution in [3.8, 4) is 11.5 Å². The lowest BCUT2D eigenvalue weighted by molar-refractivity contribution is -0.119. The summed E-state index contributed by atoms with van der Waals surface area (Å²) in [5.41, 5.74) is 0.861. The number of rotatable bonds is 8. The van der Waals surface area contributed by atoms with Crippen LogP contribution in [0.3, 0.4) is 0 Å². The lowest BCUT2D eigenvalue weighted by Crippen LogP contribution is -2.32. The molecule has 4 aromatic rings. The Kier molecular flexibility index (Phi) is 6.38.